The monoisotopic (exact) mass is 359 g/mol. The molecule has 0 fully saturated rings. The number of halogens is 1. The summed E-state index contributed by atoms with van der Waals surface area (Å²) in [6.45, 7) is 0. The van der Waals surface area contributed by atoms with Gasteiger partial charge in [0.1, 0.15) is 21.2 Å². The van der Waals surface area contributed by atoms with Gasteiger partial charge in [-0.2, -0.15) is 0 Å². The summed E-state index contributed by atoms with van der Waals surface area (Å²) in [5.74, 6) is 1.04. The first-order valence-electron chi connectivity index (χ1n) is 6.43. The van der Waals surface area contributed by atoms with Crippen LogP contribution in [0.4, 0.5) is 0 Å². The molecule has 0 aliphatic heterocycles. The Morgan fingerprint density at radius 1 is 1.40 bits per heavy atom. The Labute approximate surface area is 127 Å². The molecular formula is C14H18BrNO3S. The number of hydrogen-bond acceptors (Lipinski definition) is 4. The third kappa shape index (κ3) is 3.84. The molecule has 0 spiro atoms. The lowest BCUT2D eigenvalue weighted by atomic mass is 10.1. The van der Waals surface area contributed by atoms with Gasteiger partial charge in [0.05, 0.1) is 10.5 Å². The van der Waals surface area contributed by atoms with E-state index in [0.29, 0.717) is 6.42 Å². The van der Waals surface area contributed by atoms with Crippen LogP contribution in [0.1, 0.15) is 24.6 Å². The third-order valence-electron chi connectivity index (χ3n) is 3.21. The van der Waals surface area contributed by atoms with Crippen molar-refractivity contribution in [2.24, 2.45) is 0 Å². The topological polar surface area (TPSA) is 59.3 Å². The summed E-state index contributed by atoms with van der Waals surface area (Å²) in [6, 6.07) is 7.92. The largest absolute Gasteiger partial charge is 0.458 e. The fourth-order valence-electron chi connectivity index (χ4n) is 2.20. The molecule has 0 aliphatic rings. The fraction of sp³-hybridized carbons (Fsp3) is 0.429. The molecule has 1 unspecified atom stereocenters. The number of para-hydroxylation sites is 1. The SMILES string of the molecule is CNC(CCCS(C)(=O)=O)c1cc2cccc(Br)c2o1. The highest BCUT2D eigenvalue weighted by molar-refractivity contribution is 9.10. The Morgan fingerprint density at radius 2 is 2.15 bits per heavy atom. The molecule has 2 rings (SSSR count). The summed E-state index contributed by atoms with van der Waals surface area (Å²) >= 11 is 3.47. The zero-order valence-corrected chi connectivity index (χ0v) is 13.9. The van der Waals surface area contributed by atoms with Crippen LogP contribution in [0.5, 0.6) is 0 Å². The lowest BCUT2D eigenvalue weighted by molar-refractivity contribution is 0.429. The van der Waals surface area contributed by atoms with Gasteiger partial charge < -0.3 is 9.73 Å². The van der Waals surface area contributed by atoms with Crippen LogP contribution in [0.2, 0.25) is 0 Å². The van der Waals surface area contributed by atoms with Crippen LogP contribution in [0, 0.1) is 0 Å². The molecule has 4 nitrogen and oxygen atoms in total. The molecular weight excluding hydrogens is 342 g/mol. The highest BCUT2D eigenvalue weighted by Crippen LogP contribution is 2.30. The normalized spacial score (nSPS) is 13.8. The number of nitrogens with one attached hydrogen (secondary N) is 1. The second kappa shape index (κ2) is 6.28. The molecule has 0 aliphatic carbocycles. The maximum absolute atomic E-state index is 11.2. The second-order valence-corrected chi connectivity index (χ2v) is 8.03. The van der Waals surface area contributed by atoms with E-state index in [1.807, 2.05) is 31.3 Å². The molecule has 110 valence electrons. The van der Waals surface area contributed by atoms with Gasteiger partial charge in [-0.25, -0.2) is 8.42 Å². The number of hydrogen-bond donors (Lipinski definition) is 1. The standard InChI is InChI=1S/C14H18BrNO3S/c1-16-12(7-4-8-20(2,17)18)13-9-10-5-3-6-11(15)14(10)19-13/h3,5-6,9,12,16H,4,7-8H2,1-2H3. The van der Waals surface area contributed by atoms with Crippen molar-refractivity contribution in [2.45, 2.75) is 18.9 Å². The van der Waals surface area contributed by atoms with E-state index in [4.69, 9.17) is 4.42 Å². The predicted molar refractivity (Wildman–Crippen MR) is 84.7 cm³/mol. The van der Waals surface area contributed by atoms with Crippen molar-refractivity contribution in [1.29, 1.82) is 0 Å². The fourth-order valence-corrected chi connectivity index (χ4v) is 3.35. The summed E-state index contributed by atoms with van der Waals surface area (Å²) in [6.07, 6.45) is 2.60. The van der Waals surface area contributed by atoms with Crippen molar-refractivity contribution in [1.82, 2.24) is 5.32 Å². The van der Waals surface area contributed by atoms with E-state index in [2.05, 4.69) is 21.2 Å². The van der Waals surface area contributed by atoms with Crippen LogP contribution >= 0.6 is 15.9 Å². The number of sulfone groups is 1. The maximum Gasteiger partial charge on any atom is 0.148 e. The van der Waals surface area contributed by atoms with Crippen molar-refractivity contribution in [2.75, 3.05) is 19.1 Å². The Bertz CT molecular complexity index is 694. The quantitative estimate of drug-likeness (QED) is 0.859. The average molecular weight is 360 g/mol. The molecule has 1 aromatic heterocycles. The molecule has 1 atom stereocenters. The highest BCUT2D eigenvalue weighted by Gasteiger charge is 2.16. The van der Waals surface area contributed by atoms with Crippen molar-refractivity contribution in [3.63, 3.8) is 0 Å². The lowest BCUT2D eigenvalue weighted by Gasteiger charge is -2.12. The first kappa shape index (κ1) is 15.5. The first-order chi connectivity index (χ1) is 9.40. The first-order valence-corrected chi connectivity index (χ1v) is 9.29. The Morgan fingerprint density at radius 3 is 2.75 bits per heavy atom. The van der Waals surface area contributed by atoms with Gasteiger partial charge in [0.25, 0.3) is 0 Å². The zero-order valence-electron chi connectivity index (χ0n) is 11.5. The number of benzene rings is 1. The molecule has 6 heteroatoms. The van der Waals surface area contributed by atoms with Gasteiger partial charge in [-0.15, -0.1) is 0 Å². The summed E-state index contributed by atoms with van der Waals surface area (Å²) in [5.41, 5.74) is 0.825. The van der Waals surface area contributed by atoms with Crippen LogP contribution in [0.25, 0.3) is 11.0 Å². The van der Waals surface area contributed by atoms with Crippen LogP contribution in [0.15, 0.2) is 33.2 Å². The Balaban J connectivity index is 2.15. The van der Waals surface area contributed by atoms with Gasteiger partial charge in [0.15, 0.2) is 0 Å². The van der Waals surface area contributed by atoms with E-state index in [-0.39, 0.29) is 11.8 Å². The number of furan rings is 1. The molecule has 2 aromatic rings. The van der Waals surface area contributed by atoms with Gasteiger partial charge in [-0.05, 0) is 48.0 Å². The molecule has 1 heterocycles. The lowest BCUT2D eigenvalue weighted by Crippen LogP contribution is -2.17. The molecule has 1 N–H and O–H groups in total. The molecule has 0 radical (unpaired) electrons. The smallest absolute Gasteiger partial charge is 0.148 e. The number of rotatable bonds is 6. The van der Waals surface area contributed by atoms with E-state index < -0.39 is 9.84 Å². The summed E-state index contributed by atoms with van der Waals surface area (Å²) < 4.78 is 29.1. The predicted octanol–water partition coefficient (Wildman–Crippen LogP) is 3.28. The second-order valence-electron chi connectivity index (χ2n) is 4.92. The van der Waals surface area contributed by atoms with Crippen LogP contribution in [0.3, 0.4) is 0 Å². The average Bonchev–Trinajstić information content (AvgIpc) is 2.78. The summed E-state index contributed by atoms with van der Waals surface area (Å²) in [7, 11) is -1.05. The minimum Gasteiger partial charge on any atom is -0.458 e. The van der Waals surface area contributed by atoms with Crippen LogP contribution < -0.4 is 5.32 Å². The van der Waals surface area contributed by atoms with Crippen LogP contribution in [-0.4, -0.2) is 27.5 Å². The van der Waals surface area contributed by atoms with E-state index in [1.54, 1.807) is 0 Å². The highest BCUT2D eigenvalue weighted by atomic mass is 79.9. The minimum absolute atomic E-state index is 0.0241. The third-order valence-corrected chi connectivity index (χ3v) is 4.87. The van der Waals surface area contributed by atoms with E-state index >= 15 is 0 Å². The van der Waals surface area contributed by atoms with E-state index in [1.165, 1.54) is 6.26 Å². The van der Waals surface area contributed by atoms with E-state index in [9.17, 15) is 8.42 Å². The van der Waals surface area contributed by atoms with Crippen molar-refractivity contribution < 1.29 is 12.8 Å². The minimum atomic E-state index is -2.91. The molecule has 0 saturated heterocycles. The molecule has 0 amide bonds. The maximum atomic E-state index is 11.2. The molecule has 1 aromatic carbocycles. The van der Waals surface area contributed by atoms with Gasteiger partial charge >= 0.3 is 0 Å². The number of fused-ring (bicyclic) bond motifs is 1. The Hall–Kier alpha value is -0.850. The van der Waals surface area contributed by atoms with Crippen molar-refractivity contribution >= 4 is 36.7 Å². The zero-order chi connectivity index (χ0) is 14.8. The molecule has 0 bridgehead atoms. The van der Waals surface area contributed by atoms with Gasteiger partial charge in [0, 0.05) is 17.4 Å². The van der Waals surface area contributed by atoms with E-state index in [0.717, 1.165) is 27.6 Å². The Kier molecular flexibility index (Phi) is 4.88. The summed E-state index contributed by atoms with van der Waals surface area (Å²) in [4.78, 5) is 0. The van der Waals surface area contributed by atoms with Crippen molar-refractivity contribution in [3.05, 3.63) is 34.5 Å². The summed E-state index contributed by atoms with van der Waals surface area (Å²) in [5, 5.41) is 4.22. The van der Waals surface area contributed by atoms with Crippen LogP contribution in [-0.2, 0) is 9.84 Å². The van der Waals surface area contributed by atoms with Gasteiger partial charge in [0.2, 0.25) is 0 Å². The molecule has 20 heavy (non-hydrogen) atoms. The van der Waals surface area contributed by atoms with Gasteiger partial charge in [-0.3, -0.25) is 0 Å². The molecule has 0 saturated carbocycles. The van der Waals surface area contributed by atoms with Crippen molar-refractivity contribution in [3.8, 4) is 0 Å². The van der Waals surface area contributed by atoms with Gasteiger partial charge in [-0.1, -0.05) is 12.1 Å².